The van der Waals surface area contributed by atoms with Crippen molar-refractivity contribution in [2.24, 2.45) is 5.73 Å². The summed E-state index contributed by atoms with van der Waals surface area (Å²) < 4.78 is 1.98. The first kappa shape index (κ1) is 14.0. The molecule has 0 fully saturated rings. The smallest absolute Gasteiger partial charge is 0.150 e. The molecule has 5 heteroatoms. The van der Waals surface area contributed by atoms with Crippen LogP contribution in [0.25, 0.3) is 10.7 Å². The number of aliphatic hydroxyl groups excluding tert-OH is 1. The molecule has 2 heterocycles. The number of hydrogen-bond donors (Lipinski definition) is 2. The number of thiophene rings is 1. The van der Waals surface area contributed by atoms with Crippen LogP contribution in [0, 0.1) is 0 Å². The van der Waals surface area contributed by atoms with Crippen LogP contribution < -0.4 is 5.73 Å². The normalized spacial score (nSPS) is 12.5. The number of rotatable bonds is 5. The molecular weight excluding hydrogens is 282 g/mol. The maximum absolute atomic E-state index is 10.4. The van der Waals surface area contributed by atoms with E-state index in [1.165, 1.54) is 0 Å². The van der Waals surface area contributed by atoms with Crippen molar-refractivity contribution in [1.29, 1.82) is 0 Å². The third-order valence-corrected chi connectivity index (χ3v) is 4.29. The zero-order chi connectivity index (χ0) is 14.7. The standard InChI is InChI=1S/C16H17N3OS/c17-10-12-3-5-13(6-4-12)14(20)11-19-8-7-18-16(19)15-2-1-9-21-15/h1-9,14,20H,10-11,17H2. The molecule has 3 N–H and O–H groups in total. The maximum Gasteiger partial charge on any atom is 0.150 e. The molecule has 0 saturated heterocycles. The van der Waals surface area contributed by atoms with Crippen molar-refractivity contribution in [2.45, 2.75) is 19.2 Å². The molecule has 0 bridgehead atoms. The fraction of sp³-hybridized carbons (Fsp3) is 0.188. The molecule has 1 unspecified atom stereocenters. The van der Waals surface area contributed by atoms with E-state index in [0.29, 0.717) is 13.1 Å². The van der Waals surface area contributed by atoms with Crippen LogP contribution in [0.1, 0.15) is 17.2 Å². The second-order valence-electron chi connectivity index (χ2n) is 4.84. The predicted molar refractivity (Wildman–Crippen MR) is 84.8 cm³/mol. The molecule has 108 valence electrons. The lowest BCUT2D eigenvalue weighted by molar-refractivity contribution is 0.157. The van der Waals surface area contributed by atoms with E-state index in [2.05, 4.69) is 4.98 Å². The van der Waals surface area contributed by atoms with Crippen molar-refractivity contribution in [2.75, 3.05) is 0 Å². The third kappa shape index (κ3) is 3.05. The Balaban J connectivity index is 1.78. The summed E-state index contributed by atoms with van der Waals surface area (Å²) in [5, 5.41) is 12.4. The Labute approximate surface area is 127 Å². The lowest BCUT2D eigenvalue weighted by Gasteiger charge is -2.14. The molecule has 4 nitrogen and oxygen atoms in total. The van der Waals surface area contributed by atoms with Crippen molar-refractivity contribution in [1.82, 2.24) is 9.55 Å². The van der Waals surface area contributed by atoms with E-state index < -0.39 is 6.10 Å². The van der Waals surface area contributed by atoms with Gasteiger partial charge in [0.1, 0.15) is 5.82 Å². The number of nitrogens with zero attached hydrogens (tertiary/aromatic N) is 2. The Bertz CT molecular complexity index is 689. The molecular formula is C16H17N3OS. The third-order valence-electron chi connectivity index (χ3n) is 3.43. The fourth-order valence-electron chi connectivity index (χ4n) is 2.26. The fourth-order valence-corrected chi connectivity index (χ4v) is 2.99. The van der Waals surface area contributed by atoms with Gasteiger partial charge in [-0.15, -0.1) is 11.3 Å². The van der Waals surface area contributed by atoms with Gasteiger partial charge in [0.05, 0.1) is 17.5 Å². The van der Waals surface area contributed by atoms with Crippen LogP contribution in [0.5, 0.6) is 0 Å². The summed E-state index contributed by atoms with van der Waals surface area (Å²) in [5.41, 5.74) is 7.54. The van der Waals surface area contributed by atoms with Gasteiger partial charge in [-0.2, -0.15) is 0 Å². The lowest BCUT2D eigenvalue weighted by Crippen LogP contribution is -2.09. The monoisotopic (exact) mass is 299 g/mol. The van der Waals surface area contributed by atoms with E-state index >= 15 is 0 Å². The molecule has 21 heavy (non-hydrogen) atoms. The number of nitrogens with two attached hydrogens (primary N) is 1. The van der Waals surface area contributed by atoms with Gasteiger partial charge in [0.2, 0.25) is 0 Å². The minimum absolute atomic E-state index is 0.481. The number of aromatic nitrogens is 2. The van der Waals surface area contributed by atoms with Gasteiger partial charge in [0, 0.05) is 18.9 Å². The van der Waals surface area contributed by atoms with E-state index in [1.807, 2.05) is 52.5 Å². The summed E-state index contributed by atoms with van der Waals surface area (Å²) in [5.74, 6) is 0.891. The molecule has 0 aliphatic carbocycles. The van der Waals surface area contributed by atoms with Gasteiger partial charge in [-0.3, -0.25) is 0 Å². The van der Waals surface area contributed by atoms with Gasteiger partial charge in [-0.25, -0.2) is 4.98 Å². The van der Waals surface area contributed by atoms with E-state index in [1.54, 1.807) is 17.5 Å². The zero-order valence-electron chi connectivity index (χ0n) is 11.5. The van der Waals surface area contributed by atoms with Gasteiger partial charge in [0.25, 0.3) is 0 Å². The molecule has 0 aliphatic rings. The van der Waals surface area contributed by atoms with Gasteiger partial charge in [-0.1, -0.05) is 30.3 Å². The molecule has 0 spiro atoms. The van der Waals surface area contributed by atoms with Gasteiger partial charge < -0.3 is 15.4 Å². The summed E-state index contributed by atoms with van der Waals surface area (Å²) in [7, 11) is 0. The van der Waals surface area contributed by atoms with Gasteiger partial charge >= 0.3 is 0 Å². The molecule has 3 aromatic rings. The number of hydrogen-bond acceptors (Lipinski definition) is 4. The largest absolute Gasteiger partial charge is 0.387 e. The van der Waals surface area contributed by atoms with Crippen LogP contribution in [0.3, 0.4) is 0 Å². The average Bonchev–Trinajstić information content (AvgIpc) is 3.18. The summed E-state index contributed by atoms with van der Waals surface area (Å²) in [6.07, 6.45) is 3.09. The highest BCUT2D eigenvalue weighted by molar-refractivity contribution is 7.13. The zero-order valence-corrected chi connectivity index (χ0v) is 12.3. The van der Waals surface area contributed by atoms with Crippen molar-refractivity contribution in [3.05, 3.63) is 65.3 Å². The van der Waals surface area contributed by atoms with Crippen LogP contribution in [0.15, 0.2) is 54.2 Å². The van der Waals surface area contributed by atoms with Crippen LogP contribution in [0.2, 0.25) is 0 Å². The highest BCUT2D eigenvalue weighted by Crippen LogP contribution is 2.25. The first-order chi connectivity index (χ1) is 10.3. The molecule has 3 rings (SSSR count). The summed E-state index contributed by atoms with van der Waals surface area (Å²) in [4.78, 5) is 5.48. The summed E-state index contributed by atoms with van der Waals surface area (Å²) >= 11 is 1.64. The maximum atomic E-state index is 10.4. The van der Waals surface area contributed by atoms with E-state index in [4.69, 9.17) is 5.73 Å². The molecule has 1 atom stereocenters. The van der Waals surface area contributed by atoms with Crippen molar-refractivity contribution < 1.29 is 5.11 Å². The van der Waals surface area contributed by atoms with Crippen molar-refractivity contribution in [3.63, 3.8) is 0 Å². The Morgan fingerprint density at radius 3 is 2.71 bits per heavy atom. The van der Waals surface area contributed by atoms with Crippen LogP contribution >= 0.6 is 11.3 Å². The summed E-state index contributed by atoms with van der Waals surface area (Å²) in [6, 6.07) is 11.8. The first-order valence-corrected chi connectivity index (χ1v) is 7.68. The Kier molecular flexibility index (Phi) is 4.15. The molecule has 2 aromatic heterocycles. The summed E-state index contributed by atoms with van der Waals surface area (Å²) in [6.45, 7) is 0.996. The highest BCUT2D eigenvalue weighted by atomic mass is 32.1. The number of imidazole rings is 1. The van der Waals surface area contributed by atoms with Crippen molar-refractivity contribution in [3.8, 4) is 10.7 Å². The molecule has 0 amide bonds. The lowest BCUT2D eigenvalue weighted by atomic mass is 10.1. The Morgan fingerprint density at radius 2 is 2.05 bits per heavy atom. The topological polar surface area (TPSA) is 64.1 Å². The van der Waals surface area contributed by atoms with E-state index in [-0.39, 0.29) is 0 Å². The second-order valence-corrected chi connectivity index (χ2v) is 5.79. The predicted octanol–water partition coefficient (Wildman–Crippen LogP) is 2.80. The average molecular weight is 299 g/mol. The minimum atomic E-state index is -0.565. The van der Waals surface area contributed by atoms with Crippen LogP contribution in [0.4, 0.5) is 0 Å². The SMILES string of the molecule is NCc1ccc(C(O)Cn2ccnc2-c2cccs2)cc1. The first-order valence-electron chi connectivity index (χ1n) is 6.80. The number of aliphatic hydroxyl groups is 1. The van der Waals surface area contributed by atoms with Crippen LogP contribution in [-0.4, -0.2) is 14.7 Å². The Morgan fingerprint density at radius 1 is 1.24 bits per heavy atom. The minimum Gasteiger partial charge on any atom is -0.387 e. The van der Waals surface area contributed by atoms with E-state index in [0.717, 1.165) is 21.8 Å². The molecule has 0 radical (unpaired) electrons. The molecule has 0 saturated carbocycles. The van der Waals surface area contributed by atoms with Gasteiger partial charge in [-0.05, 0) is 22.6 Å². The molecule has 1 aromatic carbocycles. The Hall–Kier alpha value is -1.95. The highest BCUT2D eigenvalue weighted by Gasteiger charge is 2.12. The quantitative estimate of drug-likeness (QED) is 0.761. The molecule has 0 aliphatic heterocycles. The van der Waals surface area contributed by atoms with E-state index in [9.17, 15) is 5.11 Å². The second kappa shape index (κ2) is 6.22. The number of benzene rings is 1. The van der Waals surface area contributed by atoms with Crippen molar-refractivity contribution >= 4 is 11.3 Å². The van der Waals surface area contributed by atoms with Gasteiger partial charge in [0.15, 0.2) is 0 Å². The van der Waals surface area contributed by atoms with Crippen LogP contribution in [-0.2, 0) is 13.1 Å².